The molecule has 0 bridgehead atoms. The van der Waals surface area contributed by atoms with Crippen LogP contribution in [0.1, 0.15) is 30.9 Å². The molecule has 2 heteroatoms. The molecule has 0 N–H and O–H groups in total. The summed E-state index contributed by atoms with van der Waals surface area (Å²) in [5.74, 6) is 2.24. The van der Waals surface area contributed by atoms with E-state index in [0.717, 1.165) is 11.5 Å². The van der Waals surface area contributed by atoms with Gasteiger partial charge in [-0.25, -0.2) is 0 Å². The highest BCUT2D eigenvalue weighted by Crippen LogP contribution is 2.32. The molecule has 0 aliphatic carbocycles. The van der Waals surface area contributed by atoms with Crippen LogP contribution < -0.4 is 0 Å². The van der Waals surface area contributed by atoms with Gasteiger partial charge in [0.05, 0.1) is 4.58 Å². The predicted octanol–water partition coefficient (Wildman–Crippen LogP) is 5.98. The minimum Gasteiger partial charge on any atom is -0.143 e. The van der Waals surface area contributed by atoms with Gasteiger partial charge in [0, 0.05) is 11.5 Å². The van der Waals surface area contributed by atoms with Gasteiger partial charge in [-0.2, -0.15) is 0 Å². The van der Waals surface area contributed by atoms with E-state index in [1.165, 1.54) is 24.0 Å². The molecule has 0 aliphatic rings. The Morgan fingerprint density at radius 3 is 1.60 bits per heavy atom. The van der Waals surface area contributed by atoms with Crippen molar-refractivity contribution in [1.29, 1.82) is 0 Å². The number of hydrogen-bond donors (Lipinski definition) is 0. The third kappa shape index (κ3) is 5.64. The second-order valence-corrected chi connectivity index (χ2v) is 7.49. The van der Waals surface area contributed by atoms with Crippen molar-refractivity contribution >= 4 is 23.5 Å². The standard InChI is InChI=1S/C18H22S2/c1-2-9-18(19-14-16-10-5-3-6-11-16)20-15-17-12-7-4-8-13-17/h3-8,10-13,18H,2,9,14-15H2,1H3. The molecule has 0 saturated heterocycles. The molecule has 0 atom stereocenters. The summed E-state index contributed by atoms with van der Waals surface area (Å²) in [6.45, 7) is 2.28. The van der Waals surface area contributed by atoms with E-state index in [0.29, 0.717) is 4.58 Å². The smallest absolute Gasteiger partial charge is 0.0509 e. The fraction of sp³-hybridized carbons (Fsp3) is 0.333. The minimum absolute atomic E-state index is 0.695. The van der Waals surface area contributed by atoms with Crippen LogP contribution in [-0.4, -0.2) is 4.58 Å². The van der Waals surface area contributed by atoms with E-state index in [-0.39, 0.29) is 0 Å². The maximum absolute atomic E-state index is 2.28. The van der Waals surface area contributed by atoms with Gasteiger partial charge in [-0.3, -0.25) is 0 Å². The molecule has 0 amide bonds. The summed E-state index contributed by atoms with van der Waals surface area (Å²) in [7, 11) is 0. The molecule has 0 unspecified atom stereocenters. The van der Waals surface area contributed by atoms with Crippen LogP contribution in [-0.2, 0) is 11.5 Å². The van der Waals surface area contributed by atoms with Crippen LogP contribution >= 0.6 is 23.5 Å². The first-order valence-corrected chi connectivity index (χ1v) is 9.29. The van der Waals surface area contributed by atoms with Crippen molar-refractivity contribution in [3.8, 4) is 0 Å². The van der Waals surface area contributed by atoms with Crippen LogP contribution in [0.15, 0.2) is 60.7 Å². The summed E-state index contributed by atoms with van der Waals surface area (Å²) in [5.41, 5.74) is 2.86. The summed E-state index contributed by atoms with van der Waals surface area (Å²) in [6.07, 6.45) is 2.54. The third-order valence-electron chi connectivity index (χ3n) is 3.08. The highest BCUT2D eigenvalue weighted by atomic mass is 32.2. The van der Waals surface area contributed by atoms with Crippen LogP contribution in [0.2, 0.25) is 0 Å². The molecule has 0 fully saturated rings. The molecule has 106 valence electrons. The van der Waals surface area contributed by atoms with Crippen molar-refractivity contribution in [2.75, 3.05) is 0 Å². The Bertz CT molecular complexity index is 424. The summed E-state index contributed by atoms with van der Waals surface area (Å²) < 4.78 is 0.695. The lowest BCUT2D eigenvalue weighted by molar-refractivity contribution is 0.869. The fourth-order valence-corrected chi connectivity index (χ4v) is 4.72. The van der Waals surface area contributed by atoms with Gasteiger partial charge in [-0.05, 0) is 17.5 Å². The van der Waals surface area contributed by atoms with Crippen molar-refractivity contribution in [3.05, 3.63) is 71.8 Å². The van der Waals surface area contributed by atoms with Gasteiger partial charge >= 0.3 is 0 Å². The van der Waals surface area contributed by atoms with E-state index in [9.17, 15) is 0 Å². The maximum Gasteiger partial charge on any atom is 0.0509 e. The predicted molar refractivity (Wildman–Crippen MR) is 94.2 cm³/mol. The van der Waals surface area contributed by atoms with Gasteiger partial charge in [0.1, 0.15) is 0 Å². The van der Waals surface area contributed by atoms with Crippen molar-refractivity contribution < 1.29 is 0 Å². The molecule has 2 aromatic rings. The van der Waals surface area contributed by atoms with Crippen LogP contribution in [0.25, 0.3) is 0 Å². The molecule has 0 nitrogen and oxygen atoms in total. The van der Waals surface area contributed by atoms with Gasteiger partial charge in [0.25, 0.3) is 0 Å². The lowest BCUT2D eigenvalue weighted by Gasteiger charge is -2.15. The van der Waals surface area contributed by atoms with Crippen LogP contribution in [0, 0.1) is 0 Å². The second-order valence-electron chi connectivity index (χ2n) is 4.81. The first kappa shape index (κ1) is 15.5. The van der Waals surface area contributed by atoms with E-state index >= 15 is 0 Å². The summed E-state index contributed by atoms with van der Waals surface area (Å²) in [4.78, 5) is 0. The lowest BCUT2D eigenvalue weighted by Crippen LogP contribution is -1.98. The Hall–Kier alpha value is -0.860. The first-order chi connectivity index (χ1) is 9.88. The van der Waals surface area contributed by atoms with Gasteiger partial charge in [-0.1, -0.05) is 74.0 Å². The van der Waals surface area contributed by atoms with E-state index in [4.69, 9.17) is 0 Å². The number of thioether (sulfide) groups is 2. The Morgan fingerprint density at radius 2 is 1.20 bits per heavy atom. The molecular weight excluding hydrogens is 280 g/mol. The van der Waals surface area contributed by atoms with E-state index in [1.807, 2.05) is 0 Å². The highest BCUT2D eigenvalue weighted by molar-refractivity contribution is 8.16. The average Bonchev–Trinajstić information content (AvgIpc) is 2.52. The fourth-order valence-electron chi connectivity index (χ4n) is 1.98. The molecule has 0 aromatic heterocycles. The molecule has 2 rings (SSSR count). The van der Waals surface area contributed by atoms with Gasteiger partial charge < -0.3 is 0 Å². The monoisotopic (exact) mass is 302 g/mol. The van der Waals surface area contributed by atoms with E-state index < -0.39 is 0 Å². The highest BCUT2D eigenvalue weighted by Gasteiger charge is 2.09. The Morgan fingerprint density at radius 1 is 0.750 bits per heavy atom. The summed E-state index contributed by atoms with van der Waals surface area (Å²) >= 11 is 4.16. The van der Waals surface area contributed by atoms with Crippen molar-refractivity contribution in [2.45, 2.75) is 35.9 Å². The molecule has 0 radical (unpaired) electrons. The molecule has 0 spiro atoms. The largest absolute Gasteiger partial charge is 0.143 e. The second kappa shape index (κ2) is 9.15. The Kier molecular flexibility index (Phi) is 7.10. The normalized spacial score (nSPS) is 10.9. The van der Waals surface area contributed by atoms with Crippen LogP contribution in [0.5, 0.6) is 0 Å². The van der Waals surface area contributed by atoms with Crippen molar-refractivity contribution in [1.82, 2.24) is 0 Å². The topological polar surface area (TPSA) is 0 Å². The van der Waals surface area contributed by atoms with Gasteiger partial charge in [0.15, 0.2) is 0 Å². The van der Waals surface area contributed by atoms with Gasteiger partial charge in [-0.15, -0.1) is 23.5 Å². The average molecular weight is 303 g/mol. The minimum atomic E-state index is 0.695. The molecule has 0 saturated carbocycles. The van der Waals surface area contributed by atoms with E-state index in [2.05, 4.69) is 91.1 Å². The van der Waals surface area contributed by atoms with E-state index in [1.54, 1.807) is 0 Å². The molecule has 0 heterocycles. The zero-order chi connectivity index (χ0) is 14.0. The maximum atomic E-state index is 2.28. The third-order valence-corrected chi connectivity index (χ3v) is 6.11. The quantitative estimate of drug-likeness (QED) is 0.550. The van der Waals surface area contributed by atoms with Crippen LogP contribution in [0.4, 0.5) is 0 Å². The Balaban J connectivity index is 1.81. The SMILES string of the molecule is CCCC(SCc1ccccc1)SCc1ccccc1. The number of rotatable bonds is 8. The molecular formula is C18H22S2. The Labute approximate surface area is 131 Å². The van der Waals surface area contributed by atoms with Crippen molar-refractivity contribution in [3.63, 3.8) is 0 Å². The molecule has 2 aromatic carbocycles. The molecule has 20 heavy (non-hydrogen) atoms. The van der Waals surface area contributed by atoms with Crippen molar-refractivity contribution in [2.24, 2.45) is 0 Å². The first-order valence-electron chi connectivity index (χ1n) is 7.19. The summed E-state index contributed by atoms with van der Waals surface area (Å²) in [6, 6.07) is 21.6. The van der Waals surface area contributed by atoms with Gasteiger partial charge in [0.2, 0.25) is 0 Å². The number of benzene rings is 2. The lowest BCUT2D eigenvalue weighted by atomic mass is 10.2. The number of hydrogen-bond acceptors (Lipinski definition) is 2. The van der Waals surface area contributed by atoms with Crippen LogP contribution in [0.3, 0.4) is 0 Å². The molecule has 0 aliphatic heterocycles. The zero-order valence-corrected chi connectivity index (χ0v) is 13.6. The summed E-state index contributed by atoms with van der Waals surface area (Å²) in [5, 5.41) is 0. The zero-order valence-electron chi connectivity index (χ0n) is 12.0.